The molecule has 30 heavy (non-hydrogen) atoms. The molecule has 0 saturated carbocycles. The van der Waals surface area contributed by atoms with Crippen LogP contribution >= 0.6 is 15.9 Å². The third kappa shape index (κ3) is 4.64. The lowest BCUT2D eigenvalue weighted by Crippen LogP contribution is -2.24. The Kier molecular flexibility index (Phi) is 6.77. The third-order valence-corrected chi connectivity index (χ3v) is 5.42. The van der Waals surface area contributed by atoms with Gasteiger partial charge in [0.25, 0.3) is 5.56 Å². The highest BCUT2D eigenvalue weighted by molar-refractivity contribution is 9.10. The van der Waals surface area contributed by atoms with Crippen molar-refractivity contribution in [3.05, 3.63) is 91.4 Å². The van der Waals surface area contributed by atoms with E-state index in [4.69, 9.17) is 4.74 Å². The van der Waals surface area contributed by atoms with Gasteiger partial charge < -0.3 is 4.74 Å². The van der Waals surface area contributed by atoms with Gasteiger partial charge in [0.15, 0.2) is 0 Å². The Balaban J connectivity index is 1.87. The van der Waals surface area contributed by atoms with Gasteiger partial charge in [-0.15, -0.1) is 0 Å². The van der Waals surface area contributed by atoms with Crippen LogP contribution in [0.15, 0.2) is 51.9 Å². The number of aryl methyl sites for hydroxylation is 3. The lowest BCUT2D eigenvalue weighted by atomic mass is 10.0. The Bertz CT molecular complexity index is 1140. The van der Waals surface area contributed by atoms with Crippen molar-refractivity contribution in [3.63, 3.8) is 0 Å². The predicted molar refractivity (Wildman–Crippen MR) is 112 cm³/mol. The standard InChI is InChI=1S/C22H19BrF2N2O3/c1-3-30-22(29)16-7-9-19(26-12-16)27-13(2)10-15(20(23)21(27)28)5-4-14-6-8-17(24)11-18(14)25/h6-12H,3-5H2,1-2H3. The molecule has 3 aromatic rings. The van der Waals surface area contributed by atoms with Gasteiger partial charge in [0, 0.05) is 18.0 Å². The number of pyridine rings is 2. The van der Waals surface area contributed by atoms with Gasteiger partial charge in [-0.3, -0.25) is 9.36 Å². The quantitative estimate of drug-likeness (QED) is 0.489. The minimum Gasteiger partial charge on any atom is -0.462 e. The molecule has 0 N–H and O–H groups in total. The number of aromatic nitrogens is 2. The van der Waals surface area contributed by atoms with Crippen LogP contribution in [0.3, 0.4) is 0 Å². The van der Waals surface area contributed by atoms with Crippen LogP contribution in [0.25, 0.3) is 5.82 Å². The van der Waals surface area contributed by atoms with E-state index in [1.807, 2.05) is 6.07 Å². The number of halogens is 3. The van der Waals surface area contributed by atoms with Gasteiger partial charge in [0.1, 0.15) is 17.5 Å². The first-order valence-corrected chi connectivity index (χ1v) is 10.1. The Morgan fingerprint density at radius 2 is 1.87 bits per heavy atom. The largest absolute Gasteiger partial charge is 0.462 e. The average Bonchev–Trinajstić information content (AvgIpc) is 2.71. The summed E-state index contributed by atoms with van der Waals surface area (Å²) in [5.41, 5.74) is 1.69. The van der Waals surface area contributed by atoms with Crippen LogP contribution in [-0.2, 0) is 17.6 Å². The number of rotatable bonds is 6. The van der Waals surface area contributed by atoms with E-state index < -0.39 is 17.6 Å². The Morgan fingerprint density at radius 1 is 1.13 bits per heavy atom. The molecular formula is C22H19BrF2N2O3. The lowest BCUT2D eigenvalue weighted by Gasteiger charge is -2.13. The molecule has 0 saturated heterocycles. The van der Waals surface area contributed by atoms with E-state index in [9.17, 15) is 18.4 Å². The van der Waals surface area contributed by atoms with Crippen LogP contribution in [-0.4, -0.2) is 22.1 Å². The summed E-state index contributed by atoms with van der Waals surface area (Å²) in [4.78, 5) is 28.9. The summed E-state index contributed by atoms with van der Waals surface area (Å²) < 4.78 is 33.6. The molecule has 0 atom stereocenters. The van der Waals surface area contributed by atoms with E-state index in [1.54, 1.807) is 26.0 Å². The second-order valence-corrected chi connectivity index (χ2v) is 7.42. The molecule has 2 aromatic heterocycles. The molecule has 0 unspecified atom stereocenters. The molecule has 0 spiro atoms. The fourth-order valence-corrected chi connectivity index (χ4v) is 3.58. The van der Waals surface area contributed by atoms with Crippen LogP contribution in [0, 0.1) is 18.6 Å². The highest BCUT2D eigenvalue weighted by Crippen LogP contribution is 2.20. The minimum atomic E-state index is -0.627. The summed E-state index contributed by atoms with van der Waals surface area (Å²) in [6, 6.07) is 8.39. The minimum absolute atomic E-state index is 0.259. The maximum Gasteiger partial charge on any atom is 0.339 e. The molecule has 1 aromatic carbocycles. The number of hydrogen-bond acceptors (Lipinski definition) is 4. The van der Waals surface area contributed by atoms with Crippen molar-refractivity contribution >= 4 is 21.9 Å². The monoisotopic (exact) mass is 476 g/mol. The van der Waals surface area contributed by atoms with Crippen LogP contribution in [0.2, 0.25) is 0 Å². The number of esters is 1. The van der Waals surface area contributed by atoms with Gasteiger partial charge in [-0.1, -0.05) is 6.07 Å². The zero-order chi connectivity index (χ0) is 21.8. The van der Waals surface area contributed by atoms with E-state index in [0.29, 0.717) is 45.5 Å². The topological polar surface area (TPSA) is 61.2 Å². The molecule has 8 heteroatoms. The molecule has 2 heterocycles. The van der Waals surface area contributed by atoms with Gasteiger partial charge in [-0.2, -0.15) is 0 Å². The van der Waals surface area contributed by atoms with E-state index in [2.05, 4.69) is 20.9 Å². The number of nitrogens with zero attached hydrogens (tertiary/aromatic N) is 2. The SMILES string of the molecule is CCOC(=O)c1ccc(-n2c(C)cc(CCc3ccc(F)cc3F)c(Br)c2=O)nc1. The summed E-state index contributed by atoms with van der Waals surface area (Å²) in [7, 11) is 0. The van der Waals surface area contributed by atoms with Crippen molar-refractivity contribution in [3.8, 4) is 5.82 Å². The first kappa shape index (κ1) is 21.8. The lowest BCUT2D eigenvalue weighted by molar-refractivity contribution is 0.0526. The fourth-order valence-electron chi connectivity index (χ4n) is 3.09. The number of carbonyl (C=O) groups is 1. The number of benzene rings is 1. The van der Waals surface area contributed by atoms with Crippen LogP contribution in [0.5, 0.6) is 0 Å². The summed E-state index contributed by atoms with van der Waals surface area (Å²) in [5, 5.41) is 0. The van der Waals surface area contributed by atoms with Gasteiger partial charge >= 0.3 is 5.97 Å². The summed E-state index contributed by atoms with van der Waals surface area (Å²) in [5.74, 6) is -1.35. The van der Waals surface area contributed by atoms with E-state index in [1.165, 1.54) is 22.9 Å². The first-order chi connectivity index (χ1) is 14.3. The number of carbonyl (C=O) groups excluding carboxylic acids is 1. The van der Waals surface area contributed by atoms with Crippen molar-refractivity contribution in [1.82, 2.24) is 9.55 Å². The van der Waals surface area contributed by atoms with E-state index >= 15 is 0 Å². The van der Waals surface area contributed by atoms with Crippen molar-refractivity contribution in [1.29, 1.82) is 0 Å². The molecule has 5 nitrogen and oxygen atoms in total. The van der Waals surface area contributed by atoms with Gasteiger partial charge in [0.05, 0.1) is 16.6 Å². The third-order valence-electron chi connectivity index (χ3n) is 4.58. The smallest absolute Gasteiger partial charge is 0.339 e. The Labute approximate surface area is 180 Å². The van der Waals surface area contributed by atoms with Gasteiger partial charge in [-0.25, -0.2) is 18.6 Å². The summed E-state index contributed by atoms with van der Waals surface area (Å²) in [6.07, 6.45) is 2.08. The molecule has 3 rings (SSSR count). The number of ether oxygens (including phenoxy) is 1. The average molecular weight is 477 g/mol. The van der Waals surface area contributed by atoms with Crippen LogP contribution in [0.4, 0.5) is 8.78 Å². The van der Waals surface area contributed by atoms with Gasteiger partial charge in [-0.05, 0) is 78.0 Å². The van der Waals surface area contributed by atoms with E-state index in [0.717, 1.165) is 6.07 Å². The molecule has 0 aliphatic rings. The highest BCUT2D eigenvalue weighted by atomic mass is 79.9. The highest BCUT2D eigenvalue weighted by Gasteiger charge is 2.15. The summed E-state index contributed by atoms with van der Waals surface area (Å²) >= 11 is 3.34. The second-order valence-electron chi connectivity index (χ2n) is 6.63. The fraction of sp³-hybridized carbons (Fsp3) is 0.227. The van der Waals surface area contributed by atoms with Crippen molar-refractivity contribution in [2.24, 2.45) is 0 Å². The predicted octanol–water partition coefficient (Wildman–Crippen LogP) is 4.54. The number of hydrogen-bond donors (Lipinski definition) is 0. The first-order valence-electron chi connectivity index (χ1n) is 9.30. The van der Waals surface area contributed by atoms with Crippen molar-refractivity contribution in [2.75, 3.05) is 6.61 Å². The second kappa shape index (κ2) is 9.30. The Morgan fingerprint density at radius 3 is 2.50 bits per heavy atom. The van der Waals surface area contributed by atoms with Crippen LogP contribution < -0.4 is 5.56 Å². The van der Waals surface area contributed by atoms with Crippen LogP contribution in [0.1, 0.15) is 34.1 Å². The molecule has 156 valence electrons. The van der Waals surface area contributed by atoms with Gasteiger partial charge in [0.2, 0.25) is 0 Å². The van der Waals surface area contributed by atoms with Crippen molar-refractivity contribution < 1.29 is 18.3 Å². The zero-order valence-electron chi connectivity index (χ0n) is 16.4. The molecular weight excluding hydrogens is 458 g/mol. The van der Waals surface area contributed by atoms with Crippen molar-refractivity contribution in [2.45, 2.75) is 26.7 Å². The zero-order valence-corrected chi connectivity index (χ0v) is 18.0. The maximum absolute atomic E-state index is 13.9. The molecule has 0 radical (unpaired) electrons. The van der Waals surface area contributed by atoms with E-state index in [-0.39, 0.29) is 12.2 Å². The molecule has 0 fully saturated rings. The molecule has 0 bridgehead atoms. The normalized spacial score (nSPS) is 10.8. The molecule has 0 aliphatic carbocycles. The molecule has 0 aliphatic heterocycles. The summed E-state index contributed by atoms with van der Waals surface area (Å²) in [6.45, 7) is 3.73. The molecule has 0 amide bonds. The Hall–Kier alpha value is -2.87. The maximum atomic E-state index is 13.9.